The highest BCUT2D eigenvalue weighted by Gasteiger charge is 2.06. The molecule has 0 fully saturated rings. The zero-order valence-electron chi connectivity index (χ0n) is 6.01. The smallest absolute Gasteiger partial charge is 0.0302 e. The van der Waals surface area contributed by atoms with E-state index in [1.165, 1.54) is 36.8 Å². The third kappa shape index (κ3) is 1.59. The highest BCUT2D eigenvalue weighted by Crippen LogP contribution is 2.18. The van der Waals surface area contributed by atoms with E-state index in [-0.39, 0.29) is 7.43 Å². The molecule has 0 saturated carbocycles. The number of aryl methyl sites for hydroxylation is 2. The molecule has 1 aromatic rings. The molecule has 60 valence electrons. The van der Waals surface area contributed by atoms with Gasteiger partial charge in [-0.25, -0.2) is 0 Å². The maximum Gasteiger partial charge on any atom is 0.0302 e. The fourth-order valence-corrected chi connectivity index (χ4v) is 1.56. The first kappa shape index (κ1) is 8.25. The van der Waals surface area contributed by atoms with Crippen LogP contribution in [0.4, 0.5) is 0 Å². The summed E-state index contributed by atoms with van der Waals surface area (Å²) in [7, 11) is 0. The van der Waals surface area contributed by atoms with Gasteiger partial charge in [-0.15, -0.1) is 0 Å². The van der Waals surface area contributed by atoms with Gasteiger partial charge in [-0.3, -0.25) is 4.98 Å². The molecule has 0 atom stereocenters. The van der Waals surface area contributed by atoms with E-state index in [1.54, 1.807) is 0 Å². The van der Waals surface area contributed by atoms with Crippen LogP contribution in [-0.2, 0) is 12.8 Å². The predicted molar refractivity (Wildman–Crippen MR) is 47.6 cm³/mol. The second-order valence-electron chi connectivity index (χ2n) is 2.85. The summed E-state index contributed by atoms with van der Waals surface area (Å²) in [4.78, 5) is 4.10. The first-order chi connectivity index (χ1) is 4.97. The molecule has 1 aromatic heterocycles. The van der Waals surface area contributed by atoms with Gasteiger partial charge in [0.2, 0.25) is 0 Å². The van der Waals surface area contributed by atoms with Crippen molar-refractivity contribution in [1.82, 2.24) is 4.98 Å². The van der Waals surface area contributed by atoms with Crippen LogP contribution in [0, 0.1) is 0 Å². The topological polar surface area (TPSA) is 12.9 Å². The molecular weight excluding hydrogens is 134 g/mol. The highest BCUT2D eigenvalue weighted by atomic mass is 14.6. The summed E-state index contributed by atoms with van der Waals surface area (Å²) in [6, 6.07) is 2.15. The van der Waals surface area contributed by atoms with Crippen LogP contribution in [0.25, 0.3) is 0 Å². The number of hydrogen-bond donors (Lipinski definition) is 0. The molecule has 1 nitrogen and oxygen atoms in total. The number of aromatic nitrogens is 1. The Morgan fingerprint density at radius 1 is 1.09 bits per heavy atom. The number of nitrogens with zero attached hydrogens (tertiary/aromatic N) is 1. The van der Waals surface area contributed by atoms with E-state index in [9.17, 15) is 0 Å². The summed E-state index contributed by atoms with van der Waals surface area (Å²) in [6.45, 7) is 0. The normalized spacial score (nSPS) is 14.9. The Balaban J connectivity index is 0.000000605. The number of rotatable bonds is 0. The molecule has 1 aliphatic rings. The van der Waals surface area contributed by atoms with Gasteiger partial charge in [0.05, 0.1) is 0 Å². The van der Waals surface area contributed by atoms with Crippen LogP contribution in [0.5, 0.6) is 0 Å². The van der Waals surface area contributed by atoms with Gasteiger partial charge in [-0.05, 0) is 42.9 Å². The van der Waals surface area contributed by atoms with E-state index in [4.69, 9.17) is 0 Å². The van der Waals surface area contributed by atoms with Gasteiger partial charge < -0.3 is 0 Å². The lowest BCUT2D eigenvalue weighted by Gasteiger charge is -2.13. The average Bonchev–Trinajstić information content (AvgIpc) is 2.05. The average molecular weight is 149 g/mol. The van der Waals surface area contributed by atoms with E-state index in [2.05, 4.69) is 11.1 Å². The van der Waals surface area contributed by atoms with E-state index in [0.29, 0.717) is 0 Å². The molecule has 0 bridgehead atoms. The summed E-state index contributed by atoms with van der Waals surface area (Å²) in [5.41, 5.74) is 2.98. The largest absolute Gasteiger partial charge is 0.264 e. The van der Waals surface area contributed by atoms with Crippen LogP contribution < -0.4 is 0 Å². The SMILES string of the molecule is C.c1cc2c(cn1)CCCC2. The Morgan fingerprint density at radius 3 is 2.55 bits per heavy atom. The van der Waals surface area contributed by atoms with Gasteiger partial charge in [0, 0.05) is 12.4 Å². The molecular formula is C10H15N. The third-order valence-corrected chi connectivity index (χ3v) is 2.15. The molecule has 1 aliphatic carbocycles. The fraction of sp³-hybridized carbons (Fsp3) is 0.500. The Kier molecular flexibility index (Phi) is 2.64. The Bertz CT molecular complexity index is 205. The molecule has 0 unspecified atom stereocenters. The van der Waals surface area contributed by atoms with E-state index < -0.39 is 0 Å². The highest BCUT2D eigenvalue weighted by molar-refractivity contribution is 5.25. The van der Waals surface area contributed by atoms with Crippen molar-refractivity contribution in [3.05, 3.63) is 29.6 Å². The minimum absolute atomic E-state index is 0. The van der Waals surface area contributed by atoms with Gasteiger partial charge in [0.25, 0.3) is 0 Å². The Morgan fingerprint density at radius 2 is 1.82 bits per heavy atom. The van der Waals surface area contributed by atoms with Crippen molar-refractivity contribution in [1.29, 1.82) is 0 Å². The summed E-state index contributed by atoms with van der Waals surface area (Å²) in [5.74, 6) is 0. The molecule has 0 spiro atoms. The van der Waals surface area contributed by atoms with Crippen molar-refractivity contribution in [3.8, 4) is 0 Å². The molecule has 0 N–H and O–H groups in total. The van der Waals surface area contributed by atoms with Crippen molar-refractivity contribution < 1.29 is 0 Å². The van der Waals surface area contributed by atoms with Gasteiger partial charge in [-0.1, -0.05) is 7.43 Å². The predicted octanol–water partition coefficient (Wildman–Crippen LogP) is 2.60. The first-order valence-electron chi connectivity index (χ1n) is 3.88. The maximum atomic E-state index is 4.10. The zero-order chi connectivity index (χ0) is 6.81. The first-order valence-corrected chi connectivity index (χ1v) is 3.88. The summed E-state index contributed by atoms with van der Waals surface area (Å²) >= 11 is 0. The minimum Gasteiger partial charge on any atom is -0.264 e. The van der Waals surface area contributed by atoms with Crippen LogP contribution in [0.1, 0.15) is 31.4 Å². The van der Waals surface area contributed by atoms with Crippen molar-refractivity contribution in [2.45, 2.75) is 33.1 Å². The number of fused-ring (bicyclic) bond motifs is 1. The van der Waals surface area contributed by atoms with Crippen LogP contribution in [0.2, 0.25) is 0 Å². The van der Waals surface area contributed by atoms with Gasteiger partial charge in [-0.2, -0.15) is 0 Å². The summed E-state index contributed by atoms with van der Waals surface area (Å²) in [5, 5.41) is 0. The van der Waals surface area contributed by atoms with E-state index in [1.807, 2.05) is 12.4 Å². The van der Waals surface area contributed by atoms with Crippen molar-refractivity contribution >= 4 is 0 Å². The second-order valence-corrected chi connectivity index (χ2v) is 2.85. The minimum atomic E-state index is 0. The standard InChI is InChI=1S/C9H11N.CH4/c1-2-4-9-7-10-6-5-8(9)3-1;/h5-7H,1-4H2;1H4. The lowest BCUT2D eigenvalue weighted by Crippen LogP contribution is -2.01. The zero-order valence-corrected chi connectivity index (χ0v) is 6.01. The van der Waals surface area contributed by atoms with E-state index in [0.717, 1.165) is 0 Å². The molecule has 0 saturated heterocycles. The summed E-state index contributed by atoms with van der Waals surface area (Å²) in [6.07, 6.45) is 9.11. The summed E-state index contributed by atoms with van der Waals surface area (Å²) < 4.78 is 0. The van der Waals surface area contributed by atoms with Gasteiger partial charge in [0.15, 0.2) is 0 Å². The molecule has 0 aromatic carbocycles. The van der Waals surface area contributed by atoms with Crippen LogP contribution >= 0.6 is 0 Å². The van der Waals surface area contributed by atoms with E-state index >= 15 is 0 Å². The molecule has 1 heteroatoms. The van der Waals surface area contributed by atoms with Crippen LogP contribution in [0.3, 0.4) is 0 Å². The molecule has 0 aliphatic heterocycles. The van der Waals surface area contributed by atoms with Crippen LogP contribution in [-0.4, -0.2) is 4.98 Å². The maximum absolute atomic E-state index is 4.10. The second kappa shape index (κ2) is 3.51. The molecule has 0 amide bonds. The van der Waals surface area contributed by atoms with Crippen molar-refractivity contribution in [2.24, 2.45) is 0 Å². The van der Waals surface area contributed by atoms with Crippen molar-refractivity contribution in [2.75, 3.05) is 0 Å². The number of pyridine rings is 1. The van der Waals surface area contributed by atoms with Gasteiger partial charge >= 0.3 is 0 Å². The monoisotopic (exact) mass is 149 g/mol. The van der Waals surface area contributed by atoms with Crippen molar-refractivity contribution in [3.63, 3.8) is 0 Å². The molecule has 1 heterocycles. The van der Waals surface area contributed by atoms with Crippen LogP contribution in [0.15, 0.2) is 18.5 Å². The molecule has 0 radical (unpaired) electrons. The number of hydrogen-bond acceptors (Lipinski definition) is 1. The molecule has 11 heavy (non-hydrogen) atoms. The third-order valence-electron chi connectivity index (χ3n) is 2.15. The molecule has 2 rings (SSSR count). The lowest BCUT2D eigenvalue weighted by molar-refractivity contribution is 0.682. The Hall–Kier alpha value is -0.850. The Labute approximate surface area is 68.5 Å². The lowest BCUT2D eigenvalue weighted by atomic mass is 9.94. The van der Waals surface area contributed by atoms with Gasteiger partial charge in [0.1, 0.15) is 0 Å². The quantitative estimate of drug-likeness (QED) is 0.552. The fourth-order valence-electron chi connectivity index (χ4n) is 1.56.